The lowest BCUT2D eigenvalue weighted by Crippen LogP contribution is -2.01. The Morgan fingerprint density at radius 3 is 2.83 bits per heavy atom. The Balaban J connectivity index is 2.92. The van der Waals surface area contributed by atoms with Crippen LogP contribution in [0.5, 0.6) is 5.75 Å². The van der Waals surface area contributed by atoms with Crippen molar-refractivity contribution in [2.24, 2.45) is 0 Å². The van der Waals surface area contributed by atoms with E-state index in [1.165, 1.54) is 5.56 Å². The van der Waals surface area contributed by atoms with Crippen molar-refractivity contribution >= 4 is 7.48 Å². The Bertz CT molecular complexity index is 250. The highest BCUT2D eigenvalue weighted by atomic mass is 16.4. The summed E-state index contributed by atoms with van der Waals surface area (Å²) < 4.78 is 5.31. The van der Waals surface area contributed by atoms with Gasteiger partial charge in [-0.3, -0.25) is 4.98 Å². The molecule has 0 fully saturated rings. The van der Waals surface area contributed by atoms with Gasteiger partial charge in [-0.2, -0.15) is 0 Å². The Labute approximate surface area is 74.2 Å². The maximum atomic E-state index is 5.31. The van der Waals surface area contributed by atoms with E-state index in [9.17, 15) is 0 Å². The molecule has 0 saturated carbocycles. The summed E-state index contributed by atoms with van der Waals surface area (Å²) in [7, 11) is 1.67. The van der Waals surface area contributed by atoms with Crippen LogP contribution in [0.4, 0.5) is 0 Å². The molecule has 0 bridgehead atoms. The van der Waals surface area contributed by atoms with Crippen LogP contribution < -0.4 is 4.65 Å². The fraction of sp³-hybridized carbons (Fsp3) is 0.444. The largest absolute Gasteiger partial charge is 0.562 e. The van der Waals surface area contributed by atoms with E-state index in [4.69, 9.17) is 4.65 Å². The zero-order chi connectivity index (χ0) is 8.97. The highest BCUT2D eigenvalue weighted by molar-refractivity contribution is 6.26. The van der Waals surface area contributed by atoms with Crippen molar-refractivity contribution in [1.29, 1.82) is 0 Å². The third kappa shape index (κ3) is 2.00. The smallest absolute Gasteiger partial charge is 0.366 e. The van der Waals surface area contributed by atoms with Crippen LogP contribution in [0.25, 0.3) is 0 Å². The fourth-order valence-electron chi connectivity index (χ4n) is 1.09. The van der Waals surface area contributed by atoms with Gasteiger partial charge in [-0.1, -0.05) is 20.7 Å². The van der Waals surface area contributed by atoms with Gasteiger partial charge in [0, 0.05) is 6.20 Å². The van der Waals surface area contributed by atoms with Gasteiger partial charge in [-0.05, 0) is 17.5 Å². The third-order valence-corrected chi connectivity index (χ3v) is 1.68. The summed E-state index contributed by atoms with van der Waals surface area (Å²) in [4.78, 5) is 4.00. The van der Waals surface area contributed by atoms with Gasteiger partial charge in [0.1, 0.15) is 5.75 Å². The molecule has 0 amide bonds. The first-order valence-electron chi connectivity index (χ1n) is 4.14. The predicted octanol–water partition coefficient (Wildman–Crippen LogP) is 2.25. The predicted molar refractivity (Wildman–Crippen MR) is 50.6 cm³/mol. The van der Waals surface area contributed by atoms with Crippen LogP contribution in [0.1, 0.15) is 25.3 Å². The molecular weight excluding hydrogens is 149 g/mol. The maximum Gasteiger partial charge on any atom is 0.366 e. The number of nitrogens with zero attached hydrogens (tertiary/aromatic N) is 1. The Kier molecular flexibility index (Phi) is 3.14. The monoisotopic (exact) mass is 162 g/mol. The molecule has 3 heteroatoms. The summed E-state index contributed by atoms with van der Waals surface area (Å²) >= 11 is 0. The van der Waals surface area contributed by atoms with Crippen molar-refractivity contribution < 1.29 is 4.65 Å². The molecule has 2 nitrogen and oxygen atoms in total. The second-order valence-corrected chi connectivity index (χ2v) is 2.92. The first-order valence-corrected chi connectivity index (χ1v) is 4.14. The minimum atomic E-state index is 0.475. The van der Waals surface area contributed by atoms with Gasteiger partial charge < -0.3 is 4.65 Å². The standard InChI is InChI=1S/C9H13BNO/c1-7(2)8-4-5-11-6-9(8)12-10-3/h4-7H,1-3H3. The van der Waals surface area contributed by atoms with Crippen LogP contribution in [0.15, 0.2) is 18.5 Å². The van der Waals surface area contributed by atoms with E-state index in [2.05, 4.69) is 18.8 Å². The lowest BCUT2D eigenvalue weighted by atomic mass is 10.0. The van der Waals surface area contributed by atoms with Gasteiger partial charge in [-0.15, -0.1) is 0 Å². The summed E-state index contributed by atoms with van der Waals surface area (Å²) in [5, 5.41) is 0. The van der Waals surface area contributed by atoms with E-state index in [1.54, 1.807) is 19.9 Å². The summed E-state index contributed by atoms with van der Waals surface area (Å²) in [6, 6.07) is 1.99. The van der Waals surface area contributed by atoms with E-state index in [0.29, 0.717) is 5.92 Å². The van der Waals surface area contributed by atoms with Crippen LogP contribution in [0, 0.1) is 0 Å². The minimum absolute atomic E-state index is 0.475. The lowest BCUT2D eigenvalue weighted by Gasteiger charge is -2.11. The number of pyridine rings is 1. The van der Waals surface area contributed by atoms with Gasteiger partial charge in [0.25, 0.3) is 0 Å². The first-order chi connectivity index (χ1) is 5.75. The van der Waals surface area contributed by atoms with Crippen LogP contribution in [-0.4, -0.2) is 12.5 Å². The molecule has 0 aromatic carbocycles. The van der Waals surface area contributed by atoms with Gasteiger partial charge in [0.05, 0.1) is 6.20 Å². The Morgan fingerprint density at radius 2 is 2.25 bits per heavy atom. The number of aromatic nitrogens is 1. The minimum Gasteiger partial charge on any atom is -0.562 e. The van der Waals surface area contributed by atoms with Crippen molar-refractivity contribution in [1.82, 2.24) is 4.98 Å². The van der Waals surface area contributed by atoms with Crippen molar-refractivity contribution in [3.8, 4) is 5.75 Å². The lowest BCUT2D eigenvalue weighted by molar-refractivity contribution is 0.579. The molecule has 12 heavy (non-hydrogen) atoms. The molecular formula is C9H13BNO. The van der Waals surface area contributed by atoms with Crippen LogP contribution in [0.3, 0.4) is 0 Å². The molecule has 0 spiro atoms. The van der Waals surface area contributed by atoms with Crippen molar-refractivity contribution in [2.75, 3.05) is 0 Å². The molecule has 0 aliphatic heterocycles. The second kappa shape index (κ2) is 4.14. The molecule has 63 valence electrons. The van der Waals surface area contributed by atoms with E-state index in [1.807, 2.05) is 12.9 Å². The normalized spacial score (nSPS) is 10.0. The van der Waals surface area contributed by atoms with Gasteiger partial charge in [0.15, 0.2) is 0 Å². The topological polar surface area (TPSA) is 22.1 Å². The van der Waals surface area contributed by atoms with E-state index in [0.717, 1.165) is 5.75 Å². The molecule has 1 rings (SSSR count). The molecule has 0 atom stereocenters. The van der Waals surface area contributed by atoms with Gasteiger partial charge >= 0.3 is 7.48 Å². The molecule has 0 saturated heterocycles. The highest BCUT2D eigenvalue weighted by Crippen LogP contribution is 2.24. The number of hydrogen-bond donors (Lipinski definition) is 0. The third-order valence-electron chi connectivity index (χ3n) is 1.68. The Hall–Kier alpha value is -0.985. The summed E-state index contributed by atoms with van der Waals surface area (Å²) in [5.41, 5.74) is 1.20. The average molecular weight is 162 g/mol. The molecule has 1 aromatic heterocycles. The molecule has 1 heterocycles. The van der Waals surface area contributed by atoms with E-state index in [-0.39, 0.29) is 0 Å². The van der Waals surface area contributed by atoms with Crippen molar-refractivity contribution in [3.05, 3.63) is 24.0 Å². The van der Waals surface area contributed by atoms with E-state index < -0.39 is 0 Å². The van der Waals surface area contributed by atoms with Crippen molar-refractivity contribution in [3.63, 3.8) is 0 Å². The quantitative estimate of drug-likeness (QED) is 0.635. The zero-order valence-electron chi connectivity index (χ0n) is 7.74. The van der Waals surface area contributed by atoms with Gasteiger partial charge in [0.2, 0.25) is 0 Å². The molecule has 0 aliphatic carbocycles. The SMILES string of the molecule is C[B]Oc1cnccc1C(C)C. The van der Waals surface area contributed by atoms with Crippen LogP contribution >= 0.6 is 0 Å². The van der Waals surface area contributed by atoms with Crippen LogP contribution in [-0.2, 0) is 0 Å². The van der Waals surface area contributed by atoms with E-state index >= 15 is 0 Å². The summed E-state index contributed by atoms with van der Waals surface area (Å²) in [6.07, 6.45) is 3.53. The summed E-state index contributed by atoms with van der Waals surface area (Å²) in [6.45, 7) is 6.13. The maximum absolute atomic E-state index is 5.31. The molecule has 0 unspecified atom stereocenters. The highest BCUT2D eigenvalue weighted by Gasteiger charge is 2.05. The number of rotatable bonds is 3. The molecule has 1 radical (unpaired) electrons. The molecule has 1 aromatic rings. The van der Waals surface area contributed by atoms with Crippen molar-refractivity contribution in [2.45, 2.75) is 26.6 Å². The molecule has 0 N–H and O–H groups in total. The molecule has 0 aliphatic rings. The fourth-order valence-corrected chi connectivity index (χ4v) is 1.09. The second-order valence-electron chi connectivity index (χ2n) is 2.92. The Morgan fingerprint density at radius 1 is 1.50 bits per heavy atom. The first kappa shape index (κ1) is 9.11. The van der Waals surface area contributed by atoms with Crippen LogP contribution in [0.2, 0.25) is 6.82 Å². The summed E-state index contributed by atoms with van der Waals surface area (Å²) in [5.74, 6) is 1.33. The number of hydrogen-bond acceptors (Lipinski definition) is 2. The average Bonchev–Trinajstić information content (AvgIpc) is 2.05. The van der Waals surface area contributed by atoms with Gasteiger partial charge in [-0.25, -0.2) is 0 Å². The zero-order valence-corrected chi connectivity index (χ0v) is 7.74.